The molecule has 1 heterocycles. The molecular weight excluding hydrogens is 408 g/mol. The van der Waals surface area contributed by atoms with Gasteiger partial charge in [-0.25, -0.2) is 4.79 Å². The molecule has 1 aromatic heterocycles. The summed E-state index contributed by atoms with van der Waals surface area (Å²) in [5.74, 6) is -0.878. The highest BCUT2D eigenvalue weighted by atomic mass is 32.2. The topological polar surface area (TPSA) is 128 Å². The minimum atomic E-state index is -0.472. The second-order valence-corrected chi connectivity index (χ2v) is 6.96. The van der Waals surface area contributed by atoms with Gasteiger partial charge in [0, 0.05) is 18.3 Å². The second-order valence-electron chi connectivity index (χ2n) is 6.01. The predicted octanol–water partition coefficient (Wildman–Crippen LogP) is 2.14. The Labute approximate surface area is 176 Å². The SMILES string of the molecule is COC(=O)c1cccc(-n2nnnc2SCC(=O)Nc2cccc(NC(C)=O)c2)c1. The summed E-state index contributed by atoms with van der Waals surface area (Å²) in [6.45, 7) is 1.41. The first kappa shape index (κ1) is 21.0. The van der Waals surface area contributed by atoms with Crippen LogP contribution in [0.25, 0.3) is 5.69 Å². The Hall–Kier alpha value is -3.73. The van der Waals surface area contributed by atoms with Crippen molar-refractivity contribution in [1.82, 2.24) is 20.2 Å². The minimum Gasteiger partial charge on any atom is -0.465 e. The lowest BCUT2D eigenvalue weighted by molar-refractivity contribution is -0.114. The van der Waals surface area contributed by atoms with Crippen LogP contribution in [-0.2, 0) is 14.3 Å². The molecule has 0 fully saturated rings. The van der Waals surface area contributed by atoms with Crippen molar-refractivity contribution in [3.8, 4) is 5.69 Å². The van der Waals surface area contributed by atoms with E-state index in [0.717, 1.165) is 11.8 Å². The summed E-state index contributed by atoms with van der Waals surface area (Å²) in [4.78, 5) is 35.2. The van der Waals surface area contributed by atoms with Crippen molar-refractivity contribution in [2.75, 3.05) is 23.5 Å². The van der Waals surface area contributed by atoms with Crippen LogP contribution in [0.3, 0.4) is 0 Å². The first-order chi connectivity index (χ1) is 14.5. The lowest BCUT2D eigenvalue weighted by Crippen LogP contribution is -2.15. The molecule has 154 valence electrons. The van der Waals surface area contributed by atoms with E-state index in [0.29, 0.717) is 27.8 Å². The molecule has 0 saturated heterocycles. The van der Waals surface area contributed by atoms with Gasteiger partial charge in [-0.2, -0.15) is 4.68 Å². The number of ether oxygens (including phenoxy) is 1. The molecule has 3 rings (SSSR count). The summed E-state index contributed by atoms with van der Waals surface area (Å²) in [5, 5.41) is 17.3. The molecule has 3 aromatic rings. The van der Waals surface area contributed by atoms with Gasteiger partial charge in [-0.3, -0.25) is 9.59 Å². The van der Waals surface area contributed by atoms with E-state index in [1.807, 2.05) is 0 Å². The van der Waals surface area contributed by atoms with Gasteiger partial charge in [0.1, 0.15) is 0 Å². The van der Waals surface area contributed by atoms with Crippen LogP contribution in [0.5, 0.6) is 0 Å². The molecule has 0 radical (unpaired) electrons. The highest BCUT2D eigenvalue weighted by Gasteiger charge is 2.14. The lowest BCUT2D eigenvalue weighted by atomic mass is 10.2. The van der Waals surface area contributed by atoms with E-state index in [9.17, 15) is 14.4 Å². The van der Waals surface area contributed by atoms with Gasteiger partial charge in [0.2, 0.25) is 17.0 Å². The van der Waals surface area contributed by atoms with Crippen LogP contribution in [0.4, 0.5) is 11.4 Å². The summed E-state index contributed by atoms with van der Waals surface area (Å²) in [5.41, 5.74) is 2.06. The van der Waals surface area contributed by atoms with Gasteiger partial charge in [-0.05, 0) is 46.8 Å². The van der Waals surface area contributed by atoms with Gasteiger partial charge in [-0.1, -0.05) is 23.9 Å². The van der Waals surface area contributed by atoms with Crippen molar-refractivity contribution in [3.63, 3.8) is 0 Å². The van der Waals surface area contributed by atoms with E-state index in [1.54, 1.807) is 48.5 Å². The normalized spacial score (nSPS) is 10.3. The number of esters is 1. The molecule has 0 aliphatic rings. The number of benzene rings is 2. The predicted molar refractivity (Wildman–Crippen MR) is 111 cm³/mol. The number of thioether (sulfide) groups is 1. The fourth-order valence-electron chi connectivity index (χ4n) is 2.52. The molecule has 0 spiro atoms. The molecule has 10 nitrogen and oxygen atoms in total. The monoisotopic (exact) mass is 426 g/mol. The van der Waals surface area contributed by atoms with Gasteiger partial charge in [0.15, 0.2) is 0 Å². The molecule has 30 heavy (non-hydrogen) atoms. The zero-order valence-corrected chi connectivity index (χ0v) is 17.0. The molecular formula is C19H18N6O4S. The van der Waals surface area contributed by atoms with Crippen LogP contribution in [0.1, 0.15) is 17.3 Å². The number of anilines is 2. The zero-order valence-electron chi connectivity index (χ0n) is 16.2. The first-order valence-corrected chi connectivity index (χ1v) is 9.72. The summed E-state index contributed by atoms with van der Waals surface area (Å²) in [6, 6.07) is 13.5. The van der Waals surface area contributed by atoms with Crippen molar-refractivity contribution < 1.29 is 19.1 Å². The molecule has 2 aromatic carbocycles. The van der Waals surface area contributed by atoms with Crippen molar-refractivity contribution >= 4 is 40.9 Å². The molecule has 0 aliphatic heterocycles. The Bertz CT molecular complexity index is 1080. The summed E-state index contributed by atoms with van der Waals surface area (Å²) in [7, 11) is 1.30. The number of carbonyl (C=O) groups excluding carboxylic acids is 3. The standard InChI is InChI=1S/C19H18N6O4S/c1-12(26)20-14-6-4-7-15(10-14)21-17(27)11-30-19-22-23-24-25(19)16-8-3-5-13(9-16)18(28)29-2/h3-10H,11H2,1-2H3,(H,20,26)(H,21,27). The number of tetrazole rings is 1. The van der Waals surface area contributed by atoms with Crippen LogP contribution in [0, 0.1) is 0 Å². The number of nitrogens with zero attached hydrogens (tertiary/aromatic N) is 4. The van der Waals surface area contributed by atoms with E-state index in [-0.39, 0.29) is 17.6 Å². The van der Waals surface area contributed by atoms with Crippen molar-refractivity contribution in [3.05, 3.63) is 54.1 Å². The summed E-state index contributed by atoms with van der Waals surface area (Å²) >= 11 is 1.14. The average Bonchev–Trinajstić information content (AvgIpc) is 3.20. The average molecular weight is 426 g/mol. The molecule has 0 saturated carbocycles. The van der Waals surface area contributed by atoms with Gasteiger partial charge in [0.05, 0.1) is 24.1 Å². The van der Waals surface area contributed by atoms with Crippen LogP contribution in [0.2, 0.25) is 0 Å². The van der Waals surface area contributed by atoms with Crippen molar-refractivity contribution in [2.24, 2.45) is 0 Å². The third-order valence-electron chi connectivity index (χ3n) is 3.75. The number of methoxy groups -OCH3 is 1. The molecule has 0 aliphatic carbocycles. The Morgan fingerprint density at radius 2 is 1.80 bits per heavy atom. The summed E-state index contributed by atoms with van der Waals surface area (Å²) in [6.07, 6.45) is 0. The van der Waals surface area contributed by atoms with Crippen LogP contribution >= 0.6 is 11.8 Å². The highest BCUT2D eigenvalue weighted by molar-refractivity contribution is 7.99. The number of nitrogens with one attached hydrogen (secondary N) is 2. The van der Waals surface area contributed by atoms with E-state index in [4.69, 9.17) is 4.74 Å². The molecule has 2 amide bonds. The van der Waals surface area contributed by atoms with Gasteiger partial charge < -0.3 is 15.4 Å². The Morgan fingerprint density at radius 1 is 1.07 bits per heavy atom. The Balaban J connectivity index is 1.65. The van der Waals surface area contributed by atoms with Crippen molar-refractivity contribution in [1.29, 1.82) is 0 Å². The number of hydrogen-bond donors (Lipinski definition) is 2. The first-order valence-electron chi connectivity index (χ1n) is 8.73. The molecule has 0 bridgehead atoms. The molecule has 0 atom stereocenters. The number of rotatable bonds is 7. The smallest absolute Gasteiger partial charge is 0.337 e. The number of amides is 2. The highest BCUT2D eigenvalue weighted by Crippen LogP contribution is 2.20. The van der Waals surface area contributed by atoms with Crippen LogP contribution < -0.4 is 10.6 Å². The van der Waals surface area contributed by atoms with Gasteiger partial charge >= 0.3 is 5.97 Å². The Morgan fingerprint density at radius 3 is 2.53 bits per heavy atom. The number of carbonyl (C=O) groups is 3. The largest absolute Gasteiger partial charge is 0.465 e. The fraction of sp³-hybridized carbons (Fsp3) is 0.158. The second kappa shape index (κ2) is 9.65. The Kier molecular flexibility index (Phi) is 6.75. The fourth-order valence-corrected chi connectivity index (χ4v) is 3.21. The third kappa shape index (κ3) is 5.41. The van der Waals surface area contributed by atoms with E-state index in [1.165, 1.54) is 18.7 Å². The van der Waals surface area contributed by atoms with E-state index >= 15 is 0 Å². The molecule has 0 unspecified atom stereocenters. The lowest BCUT2D eigenvalue weighted by Gasteiger charge is -2.08. The molecule has 2 N–H and O–H groups in total. The quantitative estimate of drug-likeness (QED) is 0.434. The third-order valence-corrected chi connectivity index (χ3v) is 4.67. The number of aromatic nitrogens is 4. The van der Waals surface area contributed by atoms with E-state index in [2.05, 4.69) is 26.2 Å². The van der Waals surface area contributed by atoms with Crippen LogP contribution in [0.15, 0.2) is 53.7 Å². The molecule has 11 heteroatoms. The zero-order chi connectivity index (χ0) is 21.5. The van der Waals surface area contributed by atoms with Crippen molar-refractivity contribution in [2.45, 2.75) is 12.1 Å². The minimum absolute atomic E-state index is 0.0570. The number of hydrogen-bond acceptors (Lipinski definition) is 8. The summed E-state index contributed by atoms with van der Waals surface area (Å²) < 4.78 is 6.16. The van der Waals surface area contributed by atoms with Crippen LogP contribution in [-0.4, -0.2) is 50.9 Å². The van der Waals surface area contributed by atoms with Gasteiger partial charge in [-0.15, -0.1) is 5.10 Å². The maximum atomic E-state index is 12.3. The van der Waals surface area contributed by atoms with Gasteiger partial charge in [0.25, 0.3) is 0 Å². The maximum Gasteiger partial charge on any atom is 0.337 e. The van der Waals surface area contributed by atoms with E-state index < -0.39 is 5.97 Å². The maximum absolute atomic E-state index is 12.3.